The van der Waals surface area contributed by atoms with Crippen LogP contribution in [0.15, 0.2) is 78.0 Å². The minimum atomic E-state index is -4.75. The van der Waals surface area contributed by atoms with Crippen LogP contribution in [-0.4, -0.2) is 62.7 Å². The van der Waals surface area contributed by atoms with E-state index in [-0.39, 0.29) is 17.8 Å². The summed E-state index contributed by atoms with van der Waals surface area (Å²) in [6.07, 6.45) is -1.72. The van der Waals surface area contributed by atoms with Crippen LogP contribution in [0.2, 0.25) is 0 Å². The van der Waals surface area contributed by atoms with Crippen molar-refractivity contribution in [1.82, 2.24) is 20.1 Å². The third-order valence-electron chi connectivity index (χ3n) is 8.10. The molecule has 0 radical (unpaired) electrons. The molecule has 48 heavy (non-hydrogen) atoms. The van der Waals surface area contributed by atoms with Gasteiger partial charge in [0.25, 0.3) is 0 Å². The Kier molecular flexibility index (Phi) is 11.3. The van der Waals surface area contributed by atoms with Crippen LogP contribution >= 0.6 is 11.8 Å². The number of benzene rings is 3. The first kappa shape index (κ1) is 35.2. The zero-order valence-electron chi connectivity index (χ0n) is 27.6. The van der Waals surface area contributed by atoms with Gasteiger partial charge in [-0.3, -0.25) is 5.32 Å². The average molecular weight is 683 g/mol. The number of thioether (sulfide) groups is 1. The molecule has 9 nitrogen and oxygen atoms in total. The molecule has 2 N–H and O–H groups in total. The third kappa shape index (κ3) is 9.09. The zero-order chi connectivity index (χ0) is 34.4. The van der Waals surface area contributed by atoms with Crippen molar-refractivity contribution in [3.63, 3.8) is 0 Å². The lowest BCUT2D eigenvalue weighted by Crippen LogP contribution is -2.44. The lowest BCUT2D eigenvalue weighted by Gasteiger charge is -2.38. The molecule has 1 aliphatic heterocycles. The molecule has 1 saturated heterocycles. The van der Waals surface area contributed by atoms with Crippen LogP contribution in [0, 0.1) is 0 Å². The maximum absolute atomic E-state index is 12.4. The molecular weight excluding hydrogens is 641 g/mol. The van der Waals surface area contributed by atoms with Crippen molar-refractivity contribution >= 4 is 22.6 Å². The van der Waals surface area contributed by atoms with Gasteiger partial charge >= 0.3 is 6.36 Å². The number of amidine groups is 1. The Bertz CT molecular complexity index is 1680. The lowest BCUT2D eigenvalue weighted by molar-refractivity contribution is -0.274. The Morgan fingerprint density at radius 2 is 1.75 bits per heavy atom. The van der Waals surface area contributed by atoms with Gasteiger partial charge in [-0.25, -0.2) is 14.7 Å². The van der Waals surface area contributed by atoms with Crippen molar-refractivity contribution in [1.29, 1.82) is 0 Å². The molecule has 2 heterocycles. The minimum absolute atomic E-state index is 0.00294. The smallest absolute Gasteiger partial charge is 0.497 e. The Labute approximate surface area is 283 Å². The molecule has 0 spiro atoms. The van der Waals surface area contributed by atoms with Crippen LogP contribution < -0.4 is 19.7 Å². The monoisotopic (exact) mass is 682 g/mol. The number of aromatic nitrogens is 3. The molecule has 3 unspecified atom stereocenters. The summed E-state index contributed by atoms with van der Waals surface area (Å²) in [6.45, 7) is 8.56. The SMILES string of the molecule is COc1ccc(C(C)C)c(N2/C(=N/C(O)NC(C)CCc3ccc(-c4ncn(-c5ccc(OC(F)(F)F)cc5)n4)cc3)SCCC2C)c1. The summed E-state index contributed by atoms with van der Waals surface area (Å²) >= 11 is 1.65. The van der Waals surface area contributed by atoms with Gasteiger partial charge in [0.1, 0.15) is 17.8 Å². The molecule has 0 aliphatic carbocycles. The first-order chi connectivity index (χ1) is 22.9. The summed E-state index contributed by atoms with van der Waals surface area (Å²) in [6, 6.07) is 19.7. The second-order valence-corrected chi connectivity index (χ2v) is 13.1. The first-order valence-electron chi connectivity index (χ1n) is 15.9. The number of nitrogens with one attached hydrogen (secondary N) is 1. The fourth-order valence-electron chi connectivity index (χ4n) is 5.50. The van der Waals surface area contributed by atoms with E-state index < -0.39 is 12.7 Å². The number of aliphatic hydroxyl groups is 1. The van der Waals surface area contributed by atoms with Crippen LogP contribution in [-0.2, 0) is 6.42 Å². The quantitative estimate of drug-likeness (QED) is 0.148. The van der Waals surface area contributed by atoms with Crippen LogP contribution in [0.1, 0.15) is 57.6 Å². The molecule has 0 bridgehead atoms. The second kappa shape index (κ2) is 15.4. The third-order valence-corrected chi connectivity index (χ3v) is 9.10. The van der Waals surface area contributed by atoms with E-state index in [1.54, 1.807) is 18.9 Å². The molecule has 256 valence electrons. The minimum Gasteiger partial charge on any atom is -0.497 e. The maximum Gasteiger partial charge on any atom is 0.573 e. The zero-order valence-corrected chi connectivity index (χ0v) is 28.4. The van der Waals surface area contributed by atoms with E-state index in [2.05, 4.69) is 57.9 Å². The van der Waals surface area contributed by atoms with Gasteiger partial charge in [-0.1, -0.05) is 55.9 Å². The van der Waals surface area contributed by atoms with Crippen molar-refractivity contribution < 1.29 is 27.8 Å². The molecule has 3 atom stereocenters. The van der Waals surface area contributed by atoms with Gasteiger partial charge in [0.05, 0.1) is 18.5 Å². The number of hydrogen-bond donors (Lipinski definition) is 2. The summed E-state index contributed by atoms with van der Waals surface area (Å²) in [5.41, 5.74) is 4.75. The van der Waals surface area contributed by atoms with Crippen molar-refractivity contribution in [3.05, 3.63) is 84.2 Å². The van der Waals surface area contributed by atoms with Crippen LogP contribution in [0.5, 0.6) is 11.5 Å². The number of nitrogens with zero attached hydrogens (tertiary/aromatic N) is 5. The topological polar surface area (TPSA) is 97.0 Å². The molecule has 4 aromatic rings. The van der Waals surface area contributed by atoms with Crippen LogP contribution in [0.4, 0.5) is 18.9 Å². The number of rotatable bonds is 12. The largest absolute Gasteiger partial charge is 0.573 e. The molecule has 0 amide bonds. The molecule has 13 heteroatoms. The fourth-order valence-corrected chi connectivity index (χ4v) is 6.73. The van der Waals surface area contributed by atoms with E-state index in [1.165, 1.54) is 40.8 Å². The molecule has 1 fully saturated rings. The number of methoxy groups -OCH3 is 1. The van der Waals surface area contributed by atoms with E-state index in [1.807, 2.05) is 37.3 Å². The number of aliphatic hydroxyl groups excluding tert-OH is 1. The maximum atomic E-state index is 12.4. The highest BCUT2D eigenvalue weighted by Crippen LogP contribution is 2.37. The van der Waals surface area contributed by atoms with Gasteiger partial charge in [-0.2, -0.15) is 0 Å². The van der Waals surface area contributed by atoms with Crippen LogP contribution in [0.3, 0.4) is 0 Å². The Morgan fingerprint density at radius 3 is 2.42 bits per heavy atom. The van der Waals surface area contributed by atoms with Crippen molar-refractivity contribution in [2.24, 2.45) is 4.99 Å². The highest BCUT2D eigenvalue weighted by Gasteiger charge is 2.31. The van der Waals surface area contributed by atoms with E-state index in [0.717, 1.165) is 52.7 Å². The standard InChI is InChI=1S/C35H41F3N6O3S/c1-22(2)30-17-16-29(46-5)20-31(30)44-24(4)18-19-48-34(44)41-33(45)40-23(3)6-7-25-8-10-26(11-9-25)32-39-21-43(42-32)27-12-14-28(15-13-27)47-35(36,37)38/h8-17,20-24,33,40,45H,6-7,18-19H2,1-5H3/b41-34-. The molecule has 3 aromatic carbocycles. The van der Waals surface area contributed by atoms with E-state index >= 15 is 0 Å². The summed E-state index contributed by atoms with van der Waals surface area (Å²) in [5.74, 6) is 2.22. The summed E-state index contributed by atoms with van der Waals surface area (Å²) in [4.78, 5) is 11.3. The highest BCUT2D eigenvalue weighted by atomic mass is 32.2. The van der Waals surface area contributed by atoms with Gasteiger partial charge in [0.15, 0.2) is 11.0 Å². The fraction of sp³-hybridized carbons (Fsp3) is 0.400. The number of ether oxygens (including phenoxy) is 2. The Balaban J connectivity index is 1.18. The first-order valence-corrected chi connectivity index (χ1v) is 16.9. The van der Waals surface area contributed by atoms with E-state index in [9.17, 15) is 18.3 Å². The molecule has 0 saturated carbocycles. The summed E-state index contributed by atoms with van der Waals surface area (Å²) < 4.78 is 48.3. The Morgan fingerprint density at radius 1 is 1.04 bits per heavy atom. The molecule has 5 rings (SSSR count). The lowest BCUT2D eigenvalue weighted by atomic mass is 9.99. The number of anilines is 1. The molecule has 1 aromatic heterocycles. The van der Waals surface area contributed by atoms with Gasteiger partial charge in [-0.05, 0) is 80.5 Å². The summed E-state index contributed by atoms with van der Waals surface area (Å²) in [5, 5.41) is 19.5. The predicted octanol–water partition coefficient (Wildman–Crippen LogP) is 7.54. The molecular formula is C35H41F3N6O3S. The van der Waals surface area contributed by atoms with Crippen molar-refractivity contribution in [3.8, 4) is 28.6 Å². The highest BCUT2D eigenvalue weighted by molar-refractivity contribution is 8.14. The number of aryl methyl sites for hydroxylation is 1. The van der Waals surface area contributed by atoms with E-state index in [4.69, 9.17) is 9.73 Å². The number of aliphatic imine (C=N–C) groups is 1. The van der Waals surface area contributed by atoms with Crippen molar-refractivity contribution in [2.75, 3.05) is 17.8 Å². The summed E-state index contributed by atoms with van der Waals surface area (Å²) in [7, 11) is 1.67. The number of halogens is 3. The number of alkyl halides is 3. The van der Waals surface area contributed by atoms with Gasteiger partial charge < -0.3 is 19.5 Å². The molecule has 1 aliphatic rings. The van der Waals surface area contributed by atoms with Crippen molar-refractivity contribution in [2.45, 2.75) is 77.7 Å². The van der Waals surface area contributed by atoms with Crippen LogP contribution in [0.25, 0.3) is 17.1 Å². The predicted molar refractivity (Wildman–Crippen MR) is 184 cm³/mol. The van der Waals surface area contributed by atoms with E-state index in [0.29, 0.717) is 17.4 Å². The Hall–Kier alpha value is -4.07. The normalized spacial score (nSPS) is 17.5. The van der Waals surface area contributed by atoms with Gasteiger partial charge in [0.2, 0.25) is 6.35 Å². The van der Waals surface area contributed by atoms with Gasteiger partial charge in [-0.15, -0.1) is 18.3 Å². The number of hydrogen-bond acceptors (Lipinski definition) is 8. The van der Waals surface area contributed by atoms with Gasteiger partial charge in [0, 0.05) is 29.5 Å². The average Bonchev–Trinajstić information content (AvgIpc) is 3.54. The second-order valence-electron chi connectivity index (χ2n) is 12.1.